The Morgan fingerprint density at radius 1 is 0.786 bits per heavy atom. The minimum absolute atomic E-state index is 0.446. The summed E-state index contributed by atoms with van der Waals surface area (Å²) in [5.74, 6) is 0. The molecule has 0 bridgehead atoms. The average molecular weight is 540 g/mol. The van der Waals surface area contributed by atoms with Gasteiger partial charge in [-0.2, -0.15) is 0 Å². The van der Waals surface area contributed by atoms with Crippen LogP contribution in [0.4, 0.5) is 11.4 Å². The van der Waals surface area contributed by atoms with Gasteiger partial charge in [0.25, 0.3) is 0 Å². The van der Waals surface area contributed by atoms with E-state index in [1.54, 1.807) is 10.8 Å². The molecule has 1 unspecified atom stereocenters. The molecule has 1 atom stereocenters. The summed E-state index contributed by atoms with van der Waals surface area (Å²) < 4.78 is 0. The van der Waals surface area contributed by atoms with Crippen molar-refractivity contribution in [3.63, 3.8) is 0 Å². The van der Waals surface area contributed by atoms with Crippen molar-refractivity contribution in [1.82, 2.24) is 0 Å². The number of hydrogen-bond donors (Lipinski definition) is 0. The van der Waals surface area contributed by atoms with Crippen molar-refractivity contribution in [1.29, 1.82) is 0 Å². The Kier molecular flexibility index (Phi) is 9.85. The Bertz CT molecular complexity index is 851. The van der Waals surface area contributed by atoms with E-state index in [1.165, 1.54) is 11.4 Å². The molecular weight excluding hydrogens is 520 g/mol. The van der Waals surface area contributed by atoms with Crippen LogP contribution < -0.4 is 9.80 Å². The molecule has 3 nitrogen and oxygen atoms in total. The zero-order valence-corrected chi connectivity index (χ0v) is 21.4. The second kappa shape index (κ2) is 11.4. The van der Waals surface area contributed by atoms with E-state index in [2.05, 4.69) is 58.3 Å². The van der Waals surface area contributed by atoms with Crippen molar-refractivity contribution in [3.05, 3.63) is 59.7 Å². The summed E-state index contributed by atoms with van der Waals surface area (Å²) in [5, 5.41) is 0.991. The topological polar surface area (TPSA) is 18.8 Å². The van der Waals surface area contributed by atoms with Crippen LogP contribution >= 0.6 is 60.5 Å². The molecule has 0 radical (unpaired) electrons. The van der Waals surface area contributed by atoms with E-state index >= 15 is 0 Å². The molecule has 0 saturated heterocycles. The van der Waals surface area contributed by atoms with Gasteiger partial charge in [0.15, 0.2) is 0 Å². The first-order valence-electron chi connectivity index (χ1n) is 7.96. The molecule has 155 valence electrons. The Morgan fingerprint density at radius 2 is 1.18 bits per heavy atom. The summed E-state index contributed by atoms with van der Waals surface area (Å²) in [6, 6.07) is 16.8. The van der Waals surface area contributed by atoms with Crippen LogP contribution in [0.15, 0.2) is 53.5 Å². The SMILES string of the molecule is CN(C)c1ccc(C2=NC(c3ccc(N(C)C)cc3)=S(Cl)S2)cc1.[Cl][Fe]([Cl])[Cl]. The van der Waals surface area contributed by atoms with Gasteiger partial charge in [0.1, 0.15) is 10.0 Å². The molecule has 0 saturated carbocycles. The predicted octanol–water partition coefficient (Wildman–Crippen LogP) is 6.89. The van der Waals surface area contributed by atoms with Crippen LogP contribution in [0.1, 0.15) is 11.1 Å². The van der Waals surface area contributed by atoms with Gasteiger partial charge in [0, 0.05) is 50.7 Å². The van der Waals surface area contributed by atoms with Gasteiger partial charge in [-0.05, 0) is 54.5 Å². The number of rotatable bonds is 4. The first-order valence-corrected chi connectivity index (χ1v) is 15.9. The molecule has 10 heteroatoms. The zero-order valence-electron chi connectivity index (χ0n) is 15.6. The molecule has 0 spiro atoms. The monoisotopic (exact) mass is 538 g/mol. The van der Waals surface area contributed by atoms with Crippen LogP contribution in [-0.2, 0) is 11.2 Å². The van der Waals surface area contributed by atoms with E-state index in [0.29, 0.717) is 0 Å². The second-order valence-electron chi connectivity index (χ2n) is 6.06. The van der Waals surface area contributed by atoms with E-state index in [-0.39, 0.29) is 0 Å². The van der Waals surface area contributed by atoms with Crippen LogP contribution in [0.3, 0.4) is 0 Å². The summed E-state index contributed by atoms with van der Waals surface area (Å²) in [4.78, 5) is 9.93. The fraction of sp³-hybridized carbons (Fsp3) is 0.222. The summed E-state index contributed by atoms with van der Waals surface area (Å²) in [5.41, 5.74) is 4.55. The normalized spacial score (nSPS) is 16.1. The Morgan fingerprint density at radius 3 is 1.57 bits per heavy atom. The minimum atomic E-state index is -1.33. The van der Waals surface area contributed by atoms with Crippen molar-refractivity contribution >= 4 is 81.9 Å². The molecule has 0 amide bonds. The quantitative estimate of drug-likeness (QED) is 0.239. The molecule has 2 aromatic rings. The molecule has 3 rings (SSSR count). The van der Waals surface area contributed by atoms with Gasteiger partial charge in [0.2, 0.25) is 0 Å². The van der Waals surface area contributed by atoms with Gasteiger partial charge >= 0.3 is 41.5 Å². The van der Waals surface area contributed by atoms with Gasteiger partial charge in [-0.25, -0.2) is 4.99 Å². The molecule has 1 aliphatic heterocycles. The van der Waals surface area contributed by atoms with Gasteiger partial charge in [0.05, 0.1) is 0 Å². The Hall–Kier alpha value is -0.0405. The van der Waals surface area contributed by atoms with Crippen molar-refractivity contribution in [2.45, 2.75) is 0 Å². The van der Waals surface area contributed by atoms with Crippen LogP contribution in [0.2, 0.25) is 0 Å². The third-order valence-electron chi connectivity index (χ3n) is 3.77. The Labute approximate surface area is 194 Å². The number of benzene rings is 2. The van der Waals surface area contributed by atoms with Gasteiger partial charge in [-0.15, -0.1) is 0 Å². The number of hydrogen-bond acceptors (Lipinski definition) is 4. The van der Waals surface area contributed by atoms with E-state index in [4.69, 9.17) is 46.0 Å². The first kappa shape index (κ1) is 24.2. The molecule has 0 fully saturated rings. The van der Waals surface area contributed by atoms with Gasteiger partial charge < -0.3 is 9.80 Å². The maximum atomic E-state index is 6.56. The summed E-state index contributed by atoms with van der Waals surface area (Å²) >= 11 is -1.33. The van der Waals surface area contributed by atoms with E-state index in [1.807, 2.05) is 28.2 Å². The number of halogens is 4. The predicted molar refractivity (Wildman–Crippen MR) is 131 cm³/mol. The molecule has 0 N–H and O–H groups in total. The number of nitrogens with zero attached hydrogens (tertiary/aromatic N) is 3. The maximum absolute atomic E-state index is 6.56. The standard InChI is InChI=1S/C18H20ClN3S2.3ClH.Fe/c1-21(2)15-9-5-13(6-10-15)17-20-18(24(19)23-17)14-7-11-16(12-8-14)22(3)4;;;;/h5-12H,1-4H3;3*1H;/q;;;;+3/p-3. The summed E-state index contributed by atoms with van der Waals surface area (Å²) in [6.07, 6.45) is 0. The van der Waals surface area contributed by atoms with Crippen LogP contribution in [0.5, 0.6) is 0 Å². The van der Waals surface area contributed by atoms with E-state index < -0.39 is 19.9 Å². The molecule has 0 aliphatic carbocycles. The third kappa shape index (κ3) is 7.03. The van der Waals surface area contributed by atoms with Crippen LogP contribution in [-0.4, -0.2) is 38.2 Å². The van der Waals surface area contributed by atoms with Crippen molar-refractivity contribution < 1.29 is 11.2 Å². The van der Waals surface area contributed by atoms with Crippen LogP contribution in [0, 0.1) is 0 Å². The third-order valence-corrected chi connectivity index (χ3v) is 7.42. The van der Waals surface area contributed by atoms with Crippen molar-refractivity contribution in [2.75, 3.05) is 38.0 Å². The fourth-order valence-electron chi connectivity index (χ4n) is 2.33. The average Bonchev–Trinajstić information content (AvgIpc) is 3.03. The van der Waals surface area contributed by atoms with E-state index in [0.717, 1.165) is 21.2 Å². The molecule has 2 aromatic carbocycles. The zero-order chi connectivity index (χ0) is 20.8. The summed E-state index contributed by atoms with van der Waals surface area (Å²) in [7, 11) is 30.6. The molecule has 0 aromatic heterocycles. The van der Waals surface area contributed by atoms with Gasteiger partial charge in [-0.3, -0.25) is 0 Å². The molecular formula is C18H20Cl4FeN3S2. The summed E-state index contributed by atoms with van der Waals surface area (Å²) in [6.45, 7) is 0. The first-order chi connectivity index (χ1) is 13.2. The Balaban J connectivity index is 0.000000640. The van der Waals surface area contributed by atoms with Crippen molar-refractivity contribution in [2.24, 2.45) is 4.99 Å². The van der Waals surface area contributed by atoms with Crippen molar-refractivity contribution in [3.8, 4) is 0 Å². The van der Waals surface area contributed by atoms with E-state index in [9.17, 15) is 0 Å². The second-order valence-corrected chi connectivity index (χ2v) is 15.9. The number of aliphatic imine (C=N–C) groups is 1. The molecule has 1 aliphatic rings. The molecule has 1 heterocycles. The van der Waals surface area contributed by atoms with Gasteiger partial charge in [-0.1, -0.05) is 24.3 Å². The number of anilines is 2. The molecule has 28 heavy (non-hydrogen) atoms. The fourth-order valence-corrected chi connectivity index (χ4v) is 5.81. The van der Waals surface area contributed by atoms with Crippen LogP contribution in [0.25, 0.3) is 0 Å².